The standard InChI is InChI=1S/C25H23N3O4S/c1-17-8-14-20(15-9-17)33(30,31)28-16-4-6-22(28)24(29)26-19-12-10-18(11-13-19)25-27-21-5-2-3-7-23(21)32-25/h2-3,5,7-15,22H,4,6,16H2,1H3,(H,26,29)/t22-/m0/s1. The van der Waals surface area contributed by atoms with Gasteiger partial charge < -0.3 is 9.73 Å². The van der Waals surface area contributed by atoms with Gasteiger partial charge in [-0.25, -0.2) is 13.4 Å². The predicted molar refractivity (Wildman–Crippen MR) is 126 cm³/mol. The van der Waals surface area contributed by atoms with E-state index < -0.39 is 16.1 Å². The Morgan fingerprint density at radius 2 is 1.76 bits per heavy atom. The van der Waals surface area contributed by atoms with Crippen molar-refractivity contribution in [3.8, 4) is 11.5 Å². The van der Waals surface area contributed by atoms with E-state index in [0.29, 0.717) is 36.5 Å². The van der Waals surface area contributed by atoms with Crippen molar-refractivity contribution in [1.82, 2.24) is 9.29 Å². The van der Waals surface area contributed by atoms with Crippen LogP contribution in [-0.4, -0.2) is 36.2 Å². The van der Waals surface area contributed by atoms with Crippen LogP contribution in [0.1, 0.15) is 18.4 Å². The van der Waals surface area contributed by atoms with Crippen molar-refractivity contribution in [2.45, 2.75) is 30.7 Å². The van der Waals surface area contributed by atoms with Gasteiger partial charge in [-0.15, -0.1) is 0 Å². The summed E-state index contributed by atoms with van der Waals surface area (Å²) in [6.07, 6.45) is 1.12. The van der Waals surface area contributed by atoms with Crippen LogP contribution >= 0.6 is 0 Å². The molecule has 1 amide bonds. The molecular formula is C25H23N3O4S. The van der Waals surface area contributed by atoms with Crippen LogP contribution in [0, 0.1) is 6.92 Å². The molecule has 3 aromatic carbocycles. The number of hydrogen-bond acceptors (Lipinski definition) is 5. The molecule has 0 aliphatic carbocycles. The zero-order valence-electron chi connectivity index (χ0n) is 18.1. The highest BCUT2D eigenvalue weighted by atomic mass is 32.2. The normalized spacial score (nSPS) is 16.8. The Morgan fingerprint density at radius 3 is 2.48 bits per heavy atom. The highest BCUT2D eigenvalue weighted by Gasteiger charge is 2.39. The molecule has 1 fully saturated rings. The summed E-state index contributed by atoms with van der Waals surface area (Å²) in [5.41, 5.74) is 3.83. The van der Waals surface area contributed by atoms with Crippen molar-refractivity contribution < 1.29 is 17.6 Å². The Kier molecular flexibility index (Phi) is 5.47. The van der Waals surface area contributed by atoms with Gasteiger partial charge in [0.05, 0.1) is 4.90 Å². The molecule has 0 unspecified atom stereocenters. The summed E-state index contributed by atoms with van der Waals surface area (Å²) in [6, 6.07) is 20.6. The number of fused-ring (bicyclic) bond motifs is 1. The summed E-state index contributed by atoms with van der Waals surface area (Å²) in [7, 11) is -3.75. The van der Waals surface area contributed by atoms with Gasteiger partial charge in [0, 0.05) is 17.8 Å². The number of sulfonamides is 1. The van der Waals surface area contributed by atoms with Gasteiger partial charge in [-0.3, -0.25) is 4.79 Å². The number of carbonyl (C=O) groups is 1. The summed E-state index contributed by atoms with van der Waals surface area (Å²) in [5, 5.41) is 2.86. The van der Waals surface area contributed by atoms with Gasteiger partial charge >= 0.3 is 0 Å². The number of nitrogens with zero attached hydrogens (tertiary/aromatic N) is 2. The number of hydrogen-bond donors (Lipinski definition) is 1. The Hall–Kier alpha value is -3.49. The van der Waals surface area contributed by atoms with Crippen molar-refractivity contribution in [2.24, 2.45) is 0 Å². The molecule has 1 aliphatic rings. The smallest absolute Gasteiger partial charge is 0.243 e. The Morgan fingerprint density at radius 1 is 1.03 bits per heavy atom. The third-order valence-corrected chi connectivity index (χ3v) is 7.75. The van der Waals surface area contributed by atoms with Crippen LogP contribution < -0.4 is 5.32 Å². The van der Waals surface area contributed by atoms with E-state index in [4.69, 9.17) is 4.42 Å². The fourth-order valence-electron chi connectivity index (χ4n) is 4.05. The van der Waals surface area contributed by atoms with Gasteiger partial charge in [0.2, 0.25) is 21.8 Å². The Labute approximate surface area is 192 Å². The molecule has 0 radical (unpaired) electrons. The lowest BCUT2D eigenvalue weighted by Crippen LogP contribution is -2.43. The van der Waals surface area contributed by atoms with Crippen molar-refractivity contribution in [3.05, 3.63) is 78.4 Å². The zero-order chi connectivity index (χ0) is 23.0. The van der Waals surface area contributed by atoms with Crippen LogP contribution in [-0.2, 0) is 14.8 Å². The van der Waals surface area contributed by atoms with Crippen LogP contribution in [0.25, 0.3) is 22.6 Å². The number of para-hydroxylation sites is 2. The molecule has 168 valence electrons. The summed E-state index contributed by atoms with van der Waals surface area (Å²) in [6.45, 7) is 2.23. The number of anilines is 1. The van der Waals surface area contributed by atoms with E-state index in [2.05, 4.69) is 10.3 Å². The minimum absolute atomic E-state index is 0.204. The first kappa shape index (κ1) is 21.4. The molecule has 33 heavy (non-hydrogen) atoms. The third kappa shape index (κ3) is 4.15. The van der Waals surface area contributed by atoms with Crippen LogP contribution in [0.4, 0.5) is 5.69 Å². The molecule has 1 aliphatic heterocycles. The first-order valence-electron chi connectivity index (χ1n) is 10.8. The van der Waals surface area contributed by atoms with Crippen molar-refractivity contribution in [2.75, 3.05) is 11.9 Å². The van der Waals surface area contributed by atoms with E-state index >= 15 is 0 Å². The minimum atomic E-state index is -3.75. The molecule has 1 atom stereocenters. The number of carbonyl (C=O) groups excluding carboxylic acids is 1. The third-order valence-electron chi connectivity index (χ3n) is 5.83. The van der Waals surface area contributed by atoms with Crippen LogP contribution in [0.2, 0.25) is 0 Å². The SMILES string of the molecule is Cc1ccc(S(=O)(=O)N2CCC[C@H]2C(=O)Nc2ccc(-c3nc4ccccc4o3)cc2)cc1. The highest BCUT2D eigenvalue weighted by molar-refractivity contribution is 7.89. The second kappa shape index (κ2) is 8.46. The van der Waals surface area contributed by atoms with Crippen molar-refractivity contribution in [3.63, 3.8) is 0 Å². The molecule has 1 aromatic heterocycles. The number of amides is 1. The number of aryl methyl sites for hydroxylation is 1. The molecule has 5 rings (SSSR count). The quantitative estimate of drug-likeness (QED) is 0.469. The molecule has 4 aromatic rings. The topological polar surface area (TPSA) is 92.5 Å². The van der Waals surface area contributed by atoms with Crippen LogP contribution in [0.15, 0.2) is 82.1 Å². The molecule has 1 N–H and O–H groups in total. The number of benzene rings is 3. The number of oxazole rings is 1. The number of aromatic nitrogens is 1. The van der Waals surface area contributed by atoms with E-state index in [-0.39, 0.29) is 10.8 Å². The fraction of sp³-hybridized carbons (Fsp3) is 0.200. The molecule has 7 nitrogen and oxygen atoms in total. The molecule has 1 saturated heterocycles. The second-order valence-electron chi connectivity index (χ2n) is 8.14. The Balaban J connectivity index is 1.32. The summed E-state index contributed by atoms with van der Waals surface area (Å²) < 4.78 is 33.3. The maximum Gasteiger partial charge on any atom is 0.243 e. The lowest BCUT2D eigenvalue weighted by Gasteiger charge is -2.23. The lowest BCUT2D eigenvalue weighted by atomic mass is 10.2. The summed E-state index contributed by atoms with van der Waals surface area (Å²) in [4.78, 5) is 17.7. The zero-order valence-corrected chi connectivity index (χ0v) is 18.9. The van der Waals surface area contributed by atoms with Gasteiger partial charge in [-0.2, -0.15) is 4.31 Å². The number of rotatable bonds is 5. The molecule has 0 saturated carbocycles. The van der Waals surface area contributed by atoms with E-state index in [1.165, 1.54) is 4.31 Å². The van der Waals surface area contributed by atoms with Crippen molar-refractivity contribution in [1.29, 1.82) is 0 Å². The average Bonchev–Trinajstić information content (AvgIpc) is 3.48. The molecule has 0 spiro atoms. The maximum absolute atomic E-state index is 13.1. The first-order chi connectivity index (χ1) is 15.9. The van der Waals surface area contributed by atoms with E-state index in [1.807, 2.05) is 43.3 Å². The first-order valence-corrected chi connectivity index (χ1v) is 12.2. The van der Waals surface area contributed by atoms with Gasteiger partial charge in [0.25, 0.3) is 0 Å². The average molecular weight is 462 g/mol. The van der Waals surface area contributed by atoms with Crippen molar-refractivity contribution >= 4 is 32.7 Å². The highest BCUT2D eigenvalue weighted by Crippen LogP contribution is 2.28. The summed E-state index contributed by atoms with van der Waals surface area (Å²) in [5.74, 6) is 0.165. The molecular weight excluding hydrogens is 438 g/mol. The molecule has 8 heteroatoms. The van der Waals surface area contributed by atoms with E-state index in [0.717, 1.165) is 16.6 Å². The van der Waals surface area contributed by atoms with Gasteiger partial charge in [-0.05, 0) is 68.3 Å². The number of nitrogens with one attached hydrogen (secondary N) is 1. The monoisotopic (exact) mass is 461 g/mol. The van der Waals surface area contributed by atoms with Gasteiger partial charge in [0.1, 0.15) is 11.6 Å². The lowest BCUT2D eigenvalue weighted by molar-refractivity contribution is -0.119. The van der Waals surface area contributed by atoms with E-state index in [1.54, 1.807) is 36.4 Å². The van der Waals surface area contributed by atoms with Crippen LogP contribution in [0.5, 0.6) is 0 Å². The summed E-state index contributed by atoms with van der Waals surface area (Å²) >= 11 is 0. The largest absolute Gasteiger partial charge is 0.436 e. The fourth-order valence-corrected chi connectivity index (χ4v) is 5.71. The predicted octanol–water partition coefficient (Wildman–Crippen LogP) is 4.60. The molecule has 0 bridgehead atoms. The van der Waals surface area contributed by atoms with Gasteiger partial charge in [-0.1, -0.05) is 29.8 Å². The van der Waals surface area contributed by atoms with E-state index in [9.17, 15) is 13.2 Å². The Bertz CT molecular complexity index is 1380. The second-order valence-corrected chi connectivity index (χ2v) is 10.0. The maximum atomic E-state index is 13.1. The van der Waals surface area contributed by atoms with Gasteiger partial charge in [0.15, 0.2) is 5.58 Å². The minimum Gasteiger partial charge on any atom is -0.436 e. The molecule has 2 heterocycles. The van der Waals surface area contributed by atoms with Crippen LogP contribution in [0.3, 0.4) is 0 Å².